The normalized spacial score (nSPS) is 19.5. The number of thiophene rings is 1. The van der Waals surface area contributed by atoms with Crippen LogP contribution in [0.4, 0.5) is 0 Å². The van der Waals surface area contributed by atoms with Gasteiger partial charge < -0.3 is 5.73 Å². The molecule has 0 aliphatic heterocycles. The van der Waals surface area contributed by atoms with Crippen molar-refractivity contribution >= 4 is 11.3 Å². The fraction of sp³-hybridized carbons (Fsp3) is 0.714. The predicted octanol–water partition coefficient (Wildman–Crippen LogP) is 3.26. The molecule has 2 nitrogen and oxygen atoms in total. The minimum Gasteiger partial charge on any atom is -0.326 e. The third-order valence-electron chi connectivity index (χ3n) is 3.48. The second-order valence-corrected chi connectivity index (χ2v) is 6.08. The van der Waals surface area contributed by atoms with Crippen LogP contribution in [0, 0.1) is 5.92 Å². The Hall–Kier alpha value is -0.380. The van der Waals surface area contributed by atoms with Crippen molar-refractivity contribution in [2.75, 3.05) is 13.1 Å². The van der Waals surface area contributed by atoms with E-state index in [-0.39, 0.29) is 6.04 Å². The highest BCUT2D eigenvalue weighted by atomic mass is 32.1. The average Bonchev–Trinajstić information content (AvgIpc) is 2.93. The summed E-state index contributed by atoms with van der Waals surface area (Å²) in [5.41, 5.74) is 7.62. The van der Waals surface area contributed by atoms with Crippen LogP contribution in [0.5, 0.6) is 0 Å². The molecule has 1 heterocycles. The van der Waals surface area contributed by atoms with Crippen molar-refractivity contribution in [3.8, 4) is 0 Å². The fourth-order valence-electron chi connectivity index (χ4n) is 2.55. The van der Waals surface area contributed by atoms with Crippen LogP contribution in [0.25, 0.3) is 0 Å². The van der Waals surface area contributed by atoms with Gasteiger partial charge in [-0.05, 0) is 61.0 Å². The van der Waals surface area contributed by atoms with Crippen molar-refractivity contribution in [1.29, 1.82) is 0 Å². The molecule has 0 aromatic carbocycles. The molecule has 2 rings (SSSR count). The zero-order valence-corrected chi connectivity index (χ0v) is 11.7. The lowest BCUT2D eigenvalue weighted by molar-refractivity contribution is 0.169. The van der Waals surface area contributed by atoms with Crippen LogP contribution < -0.4 is 5.73 Å². The van der Waals surface area contributed by atoms with Gasteiger partial charge >= 0.3 is 0 Å². The molecule has 0 saturated heterocycles. The van der Waals surface area contributed by atoms with E-state index in [0.717, 1.165) is 5.92 Å². The molecule has 1 fully saturated rings. The topological polar surface area (TPSA) is 29.3 Å². The van der Waals surface area contributed by atoms with Crippen LogP contribution >= 0.6 is 11.3 Å². The molecule has 1 aromatic rings. The summed E-state index contributed by atoms with van der Waals surface area (Å²) in [5.74, 6) is 0.932. The van der Waals surface area contributed by atoms with E-state index in [2.05, 4.69) is 35.6 Å². The van der Waals surface area contributed by atoms with Crippen molar-refractivity contribution in [2.45, 2.75) is 45.2 Å². The van der Waals surface area contributed by atoms with Gasteiger partial charge in [-0.1, -0.05) is 6.92 Å². The Morgan fingerprint density at radius 1 is 1.53 bits per heavy atom. The highest BCUT2D eigenvalue weighted by Gasteiger charge is 2.30. The number of nitrogens with two attached hydrogens (primary N) is 1. The molecule has 2 atom stereocenters. The molecule has 0 bridgehead atoms. The summed E-state index contributed by atoms with van der Waals surface area (Å²) < 4.78 is 0. The monoisotopic (exact) mass is 252 g/mol. The van der Waals surface area contributed by atoms with Gasteiger partial charge in [0, 0.05) is 12.6 Å². The minimum atomic E-state index is 0.204. The van der Waals surface area contributed by atoms with Crippen LogP contribution in [0.1, 0.15) is 44.7 Å². The Morgan fingerprint density at radius 3 is 2.76 bits per heavy atom. The molecule has 0 radical (unpaired) electrons. The molecule has 2 unspecified atom stereocenters. The average molecular weight is 252 g/mol. The Morgan fingerprint density at radius 2 is 2.29 bits per heavy atom. The number of rotatable bonds is 7. The lowest BCUT2D eigenvalue weighted by Crippen LogP contribution is -2.40. The molecule has 3 heteroatoms. The van der Waals surface area contributed by atoms with Crippen LogP contribution in [0.2, 0.25) is 0 Å². The highest BCUT2D eigenvalue weighted by molar-refractivity contribution is 7.07. The zero-order valence-electron chi connectivity index (χ0n) is 10.9. The molecule has 0 amide bonds. The molecule has 1 aliphatic carbocycles. The highest BCUT2D eigenvalue weighted by Crippen LogP contribution is 2.34. The molecule has 0 spiro atoms. The molecule has 1 saturated carbocycles. The van der Waals surface area contributed by atoms with E-state index >= 15 is 0 Å². The first-order chi connectivity index (χ1) is 8.22. The smallest absolute Gasteiger partial charge is 0.0504 e. The second kappa shape index (κ2) is 5.98. The zero-order chi connectivity index (χ0) is 12.3. The molecule has 2 N–H and O–H groups in total. The summed E-state index contributed by atoms with van der Waals surface area (Å²) in [4.78, 5) is 2.60. The standard InChI is InChI=1S/C14H24N2S/c1-3-7-16(9-12-4-5-12)14(11(2)15)13-6-8-17-10-13/h6,8,10-12,14H,3-5,7,9,15H2,1-2H3. The first-order valence-electron chi connectivity index (χ1n) is 6.74. The quantitative estimate of drug-likeness (QED) is 0.807. The first kappa shape index (κ1) is 13.1. The summed E-state index contributed by atoms with van der Waals surface area (Å²) in [6.07, 6.45) is 4.03. The van der Waals surface area contributed by atoms with Gasteiger partial charge in [0.15, 0.2) is 0 Å². The lowest BCUT2D eigenvalue weighted by atomic mass is 10.0. The van der Waals surface area contributed by atoms with Crippen LogP contribution in [-0.2, 0) is 0 Å². The Labute approximate surface area is 109 Å². The van der Waals surface area contributed by atoms with Gasteiger partial charge in [-0.15, -0.1) is 0 Å². The van der Waals surface area contributed by atoms with Crippen molar-refractivity contribution < 1.29 is 0 Å². The van der Waals surface area contributed by atoms with Crippen molar-refractivity contribution in [1.82, 2.24) is 4.90 Å². The Bertz CT molecular complexity index is 317. The van der Waals surface area contributed by atoms with Gasteiger partial charge in [-0.3, -0.25) is 4.90 Å². The number of nitrogens with zero attached hydrogens (tertiary/aromatic N) is 1. The van der Waals surface area contributed by atoms with E-state index < -0.39 is 0 Å². The SMILES string of the molecule is CCCN(CC1CC1)C(c1ccsc1)C(C)N. The molecule has 1 aliphatic rings. The Kier molecular flexibility index (Phi) is 4.60. The molecule has 96 valence electrons. The predicted molar refractivity (Wildman–Crippen MR) is 75.3 cm³/mol. The van der Waals surface area contributed by atoms with E-state index in [4.69, 9.17) is 5.73 Å². The maximum Gasteiger partial charge on any atom is 0.0504 e. The maximum absolute atomic E-state index is 6.22. The van der Waals surface area contributed by atoms with E-state index in [9.17, 15) is 0 Å². The van der Waals surface area contributed by atoms with Gasteiger partial charge in [-0.25, -0.2) is 0 Å². The van der Waals surface area contributed by atoms with Gasteiger partial charge in [0.2, 0.25) is 0 Å². The van der Waals surface area contributed by atoms with Gasteiger partial charge in [-0.2, -0.15) is 11.3 Å². The summed E-state index contributed by atoms with van der Waals surface area (Å²) >= 11 is 1.77. The maximum atomic E-state index is 6.22. The molecule has 17 heavy (non-hydrogen) atoms. The van der Waals surface area contributed by atoms with Crippen LogP contribution in [0.15, 0.2) is 16.8 Å². The number of hydrogen-bond acceptors (Lipinski definition) is 3. The van der Waals surface area contributed by atoms with Gasteiger partial charge in [0.05, 0.1) is 6.04 Å². The van der Waals surface area contributed by atoms with Crippen molar-refractivity contribution in [3.63, 3.8) is 0 Å². The molecular weight excluding hydrogens is 228 g/mol. The van der Waals surface area contributed by atoms with E-state index in [1.807, 2.05) is 0 Å². The third-order valence-corrected chi connectivity index (χ3v) is 4.18. The Balaban J connectivity index is 2.10. The van der Waals surface area contributed by atoms with Crippen molar-refractivity contribution in [2.24, 2.45) is 11.7 Å². The van der Waals surface area contributed by atoms with Crippen molar-refractivity contribution in [3.05, 3.63) is 22.4 Å². The first-order valence-corrected chi connectivity index (χ1v) is 7.68. The molecule has 1 aromatic heterocycles. The fourth-order valence-corrected chi connectivity index (χ4v) is 3.24. The van der Waals surface area contributed by atoms with Crippen LogP contribution in [-0.4, -0.2) is 24.0 Å². The van der Waals surface area contributed by atoms with E-state index in [1.165, 1.54) is 37.9 Å². The van der Waals surface area contributed by atoms with Gasteiger partial charge in [0.25, 0.3) is 0 Å². The third kappa shape index (κ3) is 3.54. The van der Waals surface area contributed by atoms with Crippen LogP contribution in [0.3, 0.4) is 0 Å². The lowest BCUT2D eigenvalue weighted by Gasteiger charge is -2.34. The van der Waals surface area contributed by atoms with E-state index in [1.54, 1.807) is 11.3 Å². The minimum absolute atomic E-state index is 0.204. The summed E-state index contributed by atoms with van der Waals surface area (Å²) in [6.45, 7) is 6.79. The summed E-state index contributed by atoms with van der Waals surface area (Å²) in [5, 5.41) is 4.41. The largest absolute Gasteiger partial charge is 0.326 e. The van der Waals surface area contributed by atoms with E-state index in [0.29, 0.717) is 6.04 Å². The van der Waals surface area contributed by atoms with Gasteiger partial charge in [0.1, 0.15) is 0 Å². The second-order valence-electron chi connectivity index (χ2n) is 5.30. The summed E-state index contributed by atoms with van der Waals surface area (Å²) in [6, 6.07) is 2.84. The molecular formula is C14H24N2S. The summed E-state index contributed by atoms with van der Waals surface area (Å²) in [7, 11) is 0. The number of hydrogen-bond donors (Lipinski definition) is 1.